The van der Waals surface area contributed by atoms with E-state index in [0.717, 1.165) is 77.5 Å². The number of carbonyl (C=O) groups is 4. The summed E-state index contributed by atoms with van der Waals surface area (Å²) in [5, 5.41) is 0. The van der Waals surface area contributed by atoms with Crippen LogP contribution >= 0.6 is 0 Å². The summed E-state index contributed by atoms with van der Waals surface area (Å²) in [6, 6.07) is 0. The Labute approximate surface area is 544 Å². The average Bonchev–Trinajstić information content (AvgIpc) is 3.34. The molecule has 12 nitrogen and oxygen atoms in total. The first-order chi connectivity index (χ1) is 37.7. The Bertz CT molecular complexity index is 1520. The lowest BCUT2D eigenvalue weighted by Gasteiger charge is -2.37. The molecule has 84 heavy (non-hydrogen) atoms. The first kappa shape index (κ1) is 89.3. The molecule has 504 valence electrons. The van der Waals surface area contributed by atoms with E-state index in [0.29, 0.717) is 92.8 Å². The fourth-order valence-electron chi connectivity index (χ4n) is 12.2. The van der Waals surface area contributed by atoms with E-state index >= 15 is 0 Å². The molecule has 0 spiro atoms. The van der Waals surface area contributed by atoms with Crippen LogP contribution in [0, 0.1) is 35.5 Å². The predicted molar refractivity (Wildman–Crippen MR) is 334 cm³/mol. The summed E-state index contributed by atoms with van der Waals surface area (Å²) in [5.41, 5.74) is 0. The number of hydrogen-bond acceptors (Lipinski definition) is 8. The van der Waals surface area contributed by atoms with E-state index < -0.39 is 0 Å². The minimum atomic E-state index is -0.127. The number of rotatable bonds is 44. The minimum absolute atomic E-state index is 0. The molecule has 0 saturated heterocycles. The molecule has 0 heterocycles. The maximum Gasteiger partial charge on any atom is 0.362 e. The Morgan fingerprint density at radius 3 is 0.893 bits per heavy atom. The number of carbonyl (C=O) groups excluding carboxylic acids is 4. The normalized spacial score (nSPS) is 19.1. The lowest BCUT2D eigenvalue weighted by molar-refractivity contribution is -0.939. The molecule has 0 amide bonds. The van der Waals surface area contributed by atoms with Gasteiger partial charge in [-0.2, -0.15) is 0 Å². The van der Waals surface area contributed by atoms with Crippen LogP contribution in [0.1, 0.15) is 248 Å². The molecule has 0 unspecified atom stereocenters. The molecule has 16 heteroatoms. The van der Waals surface area contributed by atoms with Crippen LogP contribution in [-0.2, 0) is 38.1 Å². The molecule has 0 aromatic rings. The highest BCUT2D eigenvalue weighted by molar-refractivity contribution is 5.71. The van der Waals surface area contributed by atoms with E-state index in [4.69, 9.17) is 18.9 Å². The van der Waals surface area contributed by atoms with E-state index in [1.54, 1.807) is 0 Å². The second-order valence-electron chi connectivity index (χ2n) is 29.2. The molecule has 0 N–H and O–H groups in total. The van der Waals surface area contributed by atoms with Crippen molar-refractivity contribution < 1.29 is 106 Å². The first-order valence-corrected chi connectivity index (χ1v) is 33.7. The van der Waals surface area contributed by atoms with E-state index in [1.165, 1.54) is 141 Å². The van der Waals surface area contributed by atoms with Crippen molar-refractivity contribution in [3.05, 3.63) is 0 Å². The molecular weight excluding hydrogens is 1140 g/mol. The zero-order valence-electron chi connectivity index (χ0n) is 57.5. The van der Waals surface area contributed by atoms with Gasteiger partial charge in [0.05, 0.1) is 82.7 Å². The number of likely N-dealkylation sites (N-methyl/N-ethyl adjacent to an activating group) is 4. The quantitative estimate of drug-likeness (QED) is 0.0398. The van der Waals surface area contributed by atoms with E-state index in [-0.39, 0.29) is 85.7 Å². The van der Waals surface area contributed by atoms with Gasteiger partial charge in [-0.3, -0.25) is 0 Å². The third kappa shape index (κ3) is 46.9. The standard InChI is InChI=1S/C38H74N2O4.C30H62N2O4.4ClH/c1-29(2)33-21-19-31(5)25-35(33)43-37(41)27-39(7,8)23-17-15-13-11-12-14-16-18-24-40(9,10)28-38(42)44-36-26-32(6)20-22-34(36)30(3)4;1-7-9-11-13-15-17-19-21-25-35-29(33)27-31(3,4)23-24-32(5,6)28-30(34)36-26-22-20-18-16-14-12-10-8-2;;;;/h29-36H,11-28H2,1-10H3;7-28H2,1-6H3;4*1H/q2*+2;;;;/p-4/t31-,32-,33+,34+,35-,36-;;;;;/m1...../s1. The molecule has 0 bridgehead atoms. The molecule has 2 aliphatic carbocycles. The Balaban J connectivity index is -0.000000742. The lowest BCUT2D eigenvalue weighted by Crippen LogP contribution is -3.00. The van der Waals surface area contributed by atoms with Gasteiger partial charge < -0.3 is 86.5 Å². The van der Waals surface area contributed by atoms with Gasteiger partial charge in [0, 0.05) is 0 Å². The van der Waals surface area contributed by atoms with Crippen molar-refractivity contribution in [2.24, 2.45) is 35.5 Å². The van der Waals surface area contributed by atoms with Gasteiger partial charge in [0.2, 0.25) is 0 Å². The van der Waals surface area contributed by atoms with Crippen molar-refractivity contribution in [3.63, 3.8) is 0 Å². The number of esters is 4. The molecule has 0 aromatic carbocycles. The van der Waals surface area contributed by atoms with E-state index in [1.807, 2.05) is 0 Å². The maximum absolute atomic E-state index is 12.8. The third-order valence-corrected chi connectivity index (χ3v) is 17.8. The van der Waals surface area contributed by atoms with Crippen molar-refractivity contribution in [3.8, 4) is 0 Å². The Hall–Kier alpha value is -1.12. The molecule has 0 aliphatic heterocycles. The summed E-state index contributed by atoms with van der Waals surface area (Å²) >= 11 is 0. The van der Waals surface area contributed by atoms with Crippen molar-refractivity contribution in [1.29, 1.82) is 0 Å². The monoisotopic (exact) mass is 1280 g/mol. The minimum Gasteiger partial charge on any atom is -1.00 e. The largest absolute Gasteiger partial charge is 1.00 e. The zero-order valence-corrected chi connectivity index (χ0v) is 60.5. The van der Waals surface area contributed by atoms with Gasteiger partial charge in [0.1, 0.15) is 25.3 Å². The molecule has 0 radical (unpaired) electrons. The van der Waals surface area contributed by atoms with Gasteiger partial charge in [-0.15, -0.1) is 0 Å². The topological polar surface area (TPSA) is 105 Å². The number of quaternary nitrogens is 4. The van der Waals surface area contributed by atoms with E-state index in [9.17, 15) is 19.2 Å². The highest BCUT2D eigenvalue weighted by Crippen LogP contribution is 2.37. The number of unbranched alkanes of at least 4 members (excludes halogenated alkanes) is 21. The lowest BCUT2D eigenvalue weighted by atomic mass is 9.75. The number of ether oxygens (including phenoxy) is 4. The van der Waals surface area contributed by atoms with Crippen LogP contribution in [-0.4, -0.2) is 176 Å². The van der Waals surface area contributed by atoms with Gasteiger partial charge in [-0.25, -0.2) is 19.2 Å². The van der Waals surface area contributed by atoms with Crippen molar-refractivity contribution in [2.45, 2.75) is 260 Å². The zero-order chi connectivity index (χ0) is 60.0. The van der Waals surface area contributed by atoms with Crippen molar-refractivity contribution in [2.75, 3.05) is 122 Å². The molecule has 0 aromatic heterocycles. The van der Waals surface area contributed by atoms with Crippen LogP contribution in [0.2, 0.25) is 0 Å². The summed E-state index contributed by atoms with van der Waals surface area (Å²) in [6.45, 7) is 24.5. The molecule has 2 aliphatic rings. The molecule has 2 fully saturated rings. The highest BCUT2D eigenvalue weighted by Gasteiger charge is 2.36. The summed E-state index contributed by atoms with van der Waals surface area (Å²) in [6.07, 6.45) is 36.8. The smallest absolute Gasteiger partial charge is 0.362 e. The SMILES string of the molecule is CC(C)[C@@H]1CC[C@@H](C)C[C@H]1OC(=O)C[N+](C)(C)CCCCCCCCCC[N+](C)(C)CC(=O)O[C@@H]1C[C@H](C)CC[C@H]1C(C)C.CCCCCCCCCCOC(=O)C[N+](C)(C)CC[N+](C)(C)CC(=O)OCCCCCCCCCC.[Cl-].[Cl-].[Cl-].[Cl-]. The first-order valence-electron chi connectivity index (χ1n) is 33.7. The average molecular weight is 1280 g/mol. The number of hydrogen-bond donors (Lipinski definition) is 0. The summed E-state index contributed by atoms with van der Waals surface area (Å²) in [5.74, 6) is 3.17. The van der Waals surface area contributed by atoms with Gasteiger partial charge in [0.25, 0.3) is 0 Å². The molecule has 2 saturated carbocycles. The van der Waals surface area contributed by atoms with Gasteiger partial charge in [0.15, 0.2) is 26.2 Å². The van der Waals surface area contributed by atoms with Gasteiger partial charge in [-0.1, -0.05) is 184 Å². The Kier molecular flexibility index (Phi) is 53.8. The summed E-state index contributed by atoms with van der Waals surface area (Å²) < 4.78 is 25.7. The third-order valence-electron chi connectivity index (χ3n) is 17.8. The Morgan fingerprint density at radius 2 is 0.607 bits per heavy atom. The number of halogens is 4. The van der Waals surface area contributed by atoms with Crippen LogP contribution in [0.3, 0.4) is 0 Å². The van der Waals surface area contributed by atoms with Crippen LogP contribution in [0.4, 0.5) is 0 Å². The van der Waals surface area contributed by atoms with E-state index in [2.05, 4.69) is 112 Å². The predicted octanol–water partition coefficient (Wildman–Crippen LogP) is 2.79. The van der Waals surface area contributed by atoms with Crippen LogP contribution in [0.25, 0.3) is 0 Å². The molecule has 6 atom stereocenters. The van der Waals surface area contributed by atoms with Crippen molar-refractivity contribution in [1.82, 2.24) is 0 Å². The van der Waals surface area contributed by atoms with Gasteiger partial charge in [-0.05, 0) is 99.7 Å². The fourth-order valence-corrected chi connectivity index (χ4v) is 12.2. The second kappa shape index (κ2) is 50.6. The second-order valence-corrected chi connectivity index (χ2v) is 29.2. The summed E-state index contributed by atoms with van der Waals surface area (Å²) in [7, 11) is 16.9. The fraction of sp³-hybridized carbons (Fsp3) is 0.941. The Morgan fingerprint density at radius 1 is 0.357 bits per heavy atom. The number of nitrogens with zero attached hydrogens (tertiary/aromatic N) is 4. The molecule has 2 rings (SSSR count). The van der Waals surface area contributed by atoms with Crippen LogP contribution in [0.15, 0.2) is 0 Å². The highest BCUT2D eigenvalue weighted by atomic mass is 35.5. The maximum atomic E-state index is 12.8. The summed E-state index contributed by atoms with van der Waals surface area (Å²) in [4.78, 5) is 50.3. The van der Waals surface area contributed by atoms with Crippen LogP contribution in [0.5, 0.6) is 0 Å². The van der Waals surface area contributed by atoms with Crippen molar-refractivity contribution >= 4 is 23.9 Å². The van der Waals surface area contributed by atoms with Crippen LogP contribution < -0.4 is 49.6 Å². The molecular formula is C68H136Cl4N4O8. The van der Waals surface area contributed by atoms with Gasteiger partial charge >= 0.3 is 23.9 Å².